The van der Waals surface area contributed by atoms with Crippen LogP contribution in [0.4, 0.5) is 5.69 Å². The van der Waals surface area contributed by atoms with Gasteiger partial charge in [0.15, 0.2) is 0 Å². The van der Waals surface area contributed by atoms with Crippen LogP contribution in [0.3, 0.4) is 0 Å². The Labute approximate surface area is 102 Å². The van der Waals surface area contributed by atoms with Gasteiger partial charge in [-0.15, -0.1) is 0 Å². The van der Waals surface area contributed by atoms with Gasteiger partial charge in [0.25, 0.3) is 0 Å². The molecule has 1 aliphatic rings. The number of hydrogen-bond acceptors (Lipinski definition) is 3. The SMILES string of the molecule is Cc1ccccc1NC(=O)C1CN(C)CCN1. The quantitative estimate of drug-likeness (QED) is 0.795. The van der Waals surface area contributed by atoms with E-state index in [2.05, 4.69) is 15.5 Å². The van der Waals surface area contributed by atoms with Crippen LogP contribution in [0, 0.1) is 6.92 Å². The second kappa shape index (κ2) is 5.29. The number of rotatable bonds is 2. The smallest absolute Gasteiger partial charge is 0.242 e. The van der Waals surface area contributed by atoms with Gasteiger partial charge < -0.3 is 15.5 Å². The summed E-state index contributed by atoms with van der Waals surface area (Å²) in [6.07, 6.45) is 0. The van der Waals surface area contributed by atoms with E-state index in [0.717, 1.165) is 30.9 Å². The van der Waals surface area contributed by atoms with Crippen molar-refractivity contribution in [1.82, 2.24) is 10.2 Å². The van der Waals surface area contributed by atoms with Crippen LogP contribution in [0.5, 0.6) is 0 Å². The summed E-state index contributed by atoms with van der Waals surface area (Å²) in [5, 5.41) is 6.21. The van der Waals surface area contributed by atoms with Gasteiger partial charge in [-0.2, -0.15) is 0 Å². The van der Waals surface area contributed by atoms with Crippen molar-refractivity contribution < 1.29 is 4.79 Å². The standard InChI is InChI=1S/C13H19N3O/c1-10-5-3-4-6-11(10)15-13(17)12-9-16(2)8-7-14-12/h3-6,12,14H,7-9H2,1-2H3,(H,15,17). The van der Waals surface area contributed by atoms with Gasteiger partial charge in [0.05, 0.1) is 6.04 Å². The lowest BCUT2D eigenvalue weighted by molar-refractivity contribution is -0.119. The van der Waals surface area contributed by atoms with Gasteiger partial charge in [-0.25, -0.2) is 0 Å². The van der Waals surface area contributed by atoms with Crippen molar-refractivity contribution in [2.45, 2.75) is 13.0 Å². The first kappa shape index (κ1) is 12.1. The number of carbonyl (C=O) groups is 1. The predicted octanol–water partition coefficient (Wildman–Crippen LogP) is 0.837. The van der Waals surface area contributed by atoms with E-state index in [9.17, 15) is 4.79 Å². The molecular formula is C13H19N3O. The number of hydrogen-bond donors (Lipinski definition) is 2. The molecule has 1 aliphatic heterocycles. The normalized spacial score (nSPS) is 21.2. The molecule has 1 fully saturated rings. The maximum atomic E-state index is 12.1. The molecule has 0 bridgehead atoms. The van der Waals surface area contributed by atoms with Crippen LogP contribution < -0.4 is 10.6 Å². The Morgan fingerprint density at radius 1 is 1.47 bits per heavy atom. The van der Waals surface area contributed by atoms with E-state index >= 15 is 0 Å². The molecule has 1 aromatic rings. The summed E-state index contributed by atoms with van der Waals surface area (Å²) in [7, 11) is 2.04. The molecule has 0 aliphatic carbocycles. The molecule has 0 aromatic heterocycles. The monoisotopic (exact) mass is 233 g/mol. The molecule has 1 amide bonds. The minimum absolute atomic E-state index is 0.0471. The summed E-state index contributed by atoms with van der Waals surface area (Å²) in [5.74, 6) is 0.0471. The fraction of sp³-hybridized carbons (Fsp3) is 0.462. The van der Waals surface area contributed by atoms with Gasteiger partial charge in [-0.1, -0.05) is 18.2 Å². The van der Waals surface area contributed by atoms with Crippen molar-refractivity contribution in [3.05, 3.63) is 29.8 Å². The van der Waals surface area contributed by atoms with E-state index in [1.54, 1.807) is 0 Å². The van der Waals surface area contributed by atoms with E-state index < -0.39 is 0 Å². The summed E-state index contributed by atoms with van der Waals surface area (Å²) in [6.45, 7) is 4.62. The van der Waals surface area contributed by atoms with Gasteiger partial charge in [0, 0.05) is 25.3 Å². The molecule has 17 heavy (non-hydrogen) atoms. The maximum Gasteiger partial charge on any atom is 0.242 e. The van der Waals surface area contributed by atoms with E-state index in [4.69, 9.17) is 0 Å². The molecule has 1 aromatic carbocycles. The second-order valence-electron chi connectivity index (χ2n) is 4.57. The third-order valence-corrected chi connectivity index (χ3v) is 3.10. The molecule has 2 rings (SSSR count). The van der Waals surface area contributed by atoms with E-state index in [-0.39, 0.29) is 11.9 Å². The summed E-state index contributed by atoms with van der Waals surface area (Å²) >= 11 is 0. The van der Waals surface area contributed by atoms with Crippen molar-refractivity contribution in [2.75, 3.05) is 32.0 Å². The number of carbonyl (C=O) groups excluding carboxylic acids is 1. The van der Waals surface area contributed by atoms with Crippen LogP contribution >= 0.6 is 0 Å². The third kappa shape index (κ3) is 3.05. The molecule has 1 heterocycles. The fourth-order valence-electron chi connectivity index (χ4n) is 2.01. The number of nitrogens with zero attached hydrogens (tertiary/aromatic N) is 1. The molecule has 1 atom stereocenters. The number of benzene rings is 1. The molecular weight excluding hydrogens is 214 g/mol. The Morgan fingerprint density at radius 3 is 2.94 bits per heavy atom. The van der Waals surface area contributed by atoms with Crippen LogP contribution in [0.15, 0.2) is 24.3 Å². The zero-order valence-corrected chi connectivity index (χ0v) is 10.4. The van der Waals surface area contributed by atoms with Gasteiger partial charge in [-0.3, -0.25) is 4.79 Å². The minimum atomic E-state index is -0.117. The summed E-state index contributed by atoms with van der Waals surface area (Å²) in [4.78, 5) is 14.2. The lowest BCUT2D eigenvalue weighted by atomic mass is 10.1. The Bertz CT molecular complexity index is 405. The minimum Gasteiger partial charge on any atom is -0.324 e. The van der Waals surface area contributed by atoms with Crippen LogP contribution in [0.1, 0.15) is 5.56 Å². The van der Waals surface area contributed by atoms with Gasteiger partial charge in [0.2, 0.25) is 5.91 Å². The van der Waals surface area contributed by atoms with E-state index in [0.29, 0.717) is 0 Å². The average Bonchev–Trinajstić information content (AvgIpc) is 2.32. The highest BCUT2D eigenvalue weighted by molar-refractivity contribution is 5.95. The lowest BCUT2D eigenvalue weighted by Crippen LogP contribution is -2.54. The van der Waals surface area contributed by atoms with Crippen LogP contribution in [-0.2, 0) is 4.79 Å². The van der Waals surface area contributed by atoms with Gasteiger partial charge >= 0.3 is 0 Å². The van der Waals surface area contributed by atoms with E-state index in [1.807, 2.05) is 38.2 Å². The predicted molar refractivity (Wildman–Crippen MR) is 69.1 cm³/mol. The molecule has 0 radical (unpaired) electrons. The Balaban J connectivity index is 1.99. The number of para-hydroxylation sites is 1. The van der Waals surface area contributed by atoms with Crippen molar-refractivity contribution >= 4 is 11.6 Å². The summed E-state index contributed by atoms with van der Waals surface area (Å²) < 4.78 is 0. The first-order chi connectivity index (χ1) is 8.16. The molecule has 0 saturated carbocycles. The fourth-order valence-corrected chi connectivity index (χ4v) is 2.01. The van der Waals surface area contributed by atoms with Crippen molar-refractivity contribution in [1.29, 1.82) is 0 Å². The summed E-state index contributed by atoms with van der Waals surface area (Å²) in [5.41, 5.74) is 1.98. The van der Waals surface area contributed by atoms with Crippen LogP contribution in [0.25, 0.3) is 0 Å². The zero-order valence-electron chi connectivity index (χ0n) is 10.4. The Morgan fingerprint density at radius 2 is 2.24 bits per heavy atom. The van der Waals surface area contributed by atoms with Crippen LogP contribution in [0.2, 0.25) is 0 Å². The number of nitrogens with one attached hydrogen (secondary N) is 2. The zero-order chi connectivity index (χ0) is 12.3. The number of aryl methyl sites for hydroxylation is 1. The maximum absolute atomic E-state index is 12.1. The highest BCUT2D eigenvalue weighted by Crippen LogP contribution is 2.13. The summed E-state index contributed by atoms with van der Waals surface area (Å²) in [6, 6.07) is 7.71. The highest BCUT2D eigenvalue weighted by atomic mass is 16.2. The van der Waals surface area contributed by atoms with Crippen LogP contribution in [-0.4, -0.2) is 43.5 Å². The molecule has 4 nitrogen and oxygen atoms in total. The van der Waals surface area contributed by atoms with Crippen molar-refractivity contribution in [3.63, 3.8) is 0 Å². The number of amides is 1. The second-order valence-corrected chi connectivity index (χ2v) is 4.57. The van der Waals surface area contributed by atoms with E-state index in [1.165, 1.54) is 0 Å². The molecule has 1 unspecified atom stereocenters. The van der Waals surface area contributed by atoms with Gasteiger partial charge in [0.1, 0.15) is 0 Å². The average molecular weight is 233 g/mol. The largest absolute Gasteiger partial charge is 0.324 e. The lowest BCUT2D eigenvalue weighted by Gasteiger charge is -2.30. The first-order valence-electron chi connectivity index (χ1n) is 5.95. The molecule has 4 heteroatoms. The number of likely N-dealkylation sites (N-methyl/N-ethyl adjacent to an activating group) is 1. The number of anilines is 1. The number of piperazine rings is 1. The molecule has 2 N–H and O–H groups in total. The highest BCUT2D eigenvalue weighted by Gasteiger charge is 2.23. The topological polar surface area (TPSA) is 44.4 Å². The Hall–Kier alpha value is -1.39. The Kier molecular flexibility index (Phi) is 3.76. The molecule has 0 spiro atoms. The first-order valence-corrected chi connectivity index (χ1v) is 5.95. The molecule has 1 saturated heterocycles. The van der Waals surface area contributed by atoms with Gasteiger partial charge in [-0.05, 0) is 25.6 Å². The third-order valence-electron chi connectivity index (χ3n) is 3.10. The molecule has 92 valence electrons. The van der Waals surface area contributed by atoms with Crippen molar-refractivity contribution in [2.24, 2.45) is 0 Å². The van der Waals surface area contributed by atoms with Crippen molar-refractivity contribution in [3.8, 4) is 0 Å².